The van der Waals surface area contributed by atoms with Crippen LogP contribution in [0.3, 0.4) is 0 Å². The van der Waals surface area contributed by atoms with Gasteiger partial charge in [0.05, 0.1) is 11.1 Å². The van der Waals surface area contributed by atoms with E-state index in [4.69, 9.17) is 16.3 Å². The summed E-state index contributed by atoms with van der Waals surface area (Å²) >= 11 is 6.62. The molecule has 0 saturated heterocycles. The molecule has 0 fully saturated rings. The molecule has 0 spiro atoms. The number of benzene rings is 4. The lowest BCUT2D eigenvalue weighted by Crippen LogP contribution is -2.35. The van der Waals surface area contributed by atoms with Gasteiger partial charge in [0.1, 0.15) is 18.1 Å². The van der Waals surface area contributed by atoms with E-state index in [1.807, 2.05) is 54.6 Å². The van der Waals surface area contributed by atoms with Gasteiger partial charge in [0.2, 0.25) is 0 Å². The number of ether oxygens (including phenoxy) is 1. The van der Waals surface area contributed by atoms with Gasteiger partial charge < -0.3 is 20.4 Å². The van der Waals surface area contributed by atoms with Crippen LogP contribution >= 0.6 is 11.6 Å². The van der Waals surface area contributed by atoms with Crippen molar-refractivity contribution in [3.8, 4) is 16.9 Å². The number of pyridine rings is 1. The maximum absolute atomic E-state index is 13.0. The number of hydrogen-bond acceptors (Lipinski definition) is 5. The molecule has 5 aromatic rings. The number of nitrogens with zero attached hydrogens (tertiary/aromatic N) is 2. The van der Waals surface area contributed by atoms with E-state index in [1.54, 1.807) is 24.3 Å². The lowest BCUT2D eigenvalue weighted by molar-refractivity contribution is -0.137. The molecule has 0 amide bonds. The van der Waals surface area contributed by atoms with Gasteiger partial charge in [-0.05, 0) is 102 Å². The Bertz CT molecular complexity index is 2060. The molecule has 0 aliphatic heterocycles. The highest BCUT2D eigenvalue weighted by molar-refractivity contribution is 6.31. The average Bonchev–Trinajstić information content (AvgIpc) is 3.14. The van der Waals surface area contributed by atoms with E-state index >= 15 is 0 Å². The predicted octanol–water partition coefficient (Wildman–Crippen LogP) is 8.74. The lowest BCUT2D eigenvalue weighted by Gasteiger charge is -2.36. The van der Waals surface area contributed by atoms with Crippen LogP contribution in [0, 0.1) is 0 Å². The zero-order valence-electron chi connectivity index (χ0n) is 28.6. The van der Waals surface area contributed by atoms with Crippen LogP contribution in [0.1, 0.15) is 73.2 Å². The summed E-state index contributed by atoms with van der Waals surface area (Å²) in [5.41, 5.74) is 5.42. The van der Waals surface area contributed by atoms with E-state index < -0.39 is 23.7 Å². The third-order valence-corrected chi connectivity index (χ3v) is 9.78. The van der Waals surface area contributed by atoms with Crippen LogP contribution in [0.15, 0.2) is 103 Å². The van der Waals surface area contributed by atoms with Crippen molar-refractivity contribution in [3.05, 3.63) is 153 Å². The smallest absolute Gasteiger partial charge is 0.416 e. The third-order valence-electron chi connectivity index (χ3n) is 9.43. The molecule has 1 atom stereocenters. The molecule has 0 saturated carbocycles. The topological polar surface area (TPSA) is 131 Å². The molecular formula is C41H38ClF3N2O6. The van der Waals surface area contributed by atoms with Crippen LogP contribution in [0.4, 0.5) is 13.2 Å². The number of aryl methyl sites for hydroxylation is 1. The van der Waals surface area contributed by atoms with Crippen LogP contribution in [-0.2, 0) is 32.0 Å². The molecule has 276 valence electrons. The highest BCUT2D eigenvalue weighted by Gasteiger charge is 2.30. The summed E-state index contributed by atoms with van der Waals surface area (Å²) in [6.45, 7) is 1.54. The van der Waals surface area contributed by atoms with Crippen molar-refractivity contribution < 1.29 is 43.2 Å². The number of halogens is 4. The third kappa shape index (κ3) is 9.61. The highest BCUT2D eigenvalue weighted by Crippen LogP contribution is 2.35. The summed E-state index contributed by atoms with van der Waals surface area (Å²) in [7, 11) is 0. The molecule has 12 heteroatoms. The van der Waals surface area contributed by atoms with Crippen molar-refractivity contribution in [3.63, 3.8) is 0 Å². The van der Waals surface area contributed by atoms with Gasteiger partial charge in [0.25, 0.3) is 0 Å². The Morgan fingerprint density at radius 2 is 1.53 bits per heavy atom. The van der Waals surface area contributed by atoms with Gasteiger partial charge >= 0.3 is 18.1 Å². The minimum absolute atomic E-state index is 0. The van der Waals surface area contributed by atoms with Gasteiger partial charge in [-0.15, -0.1) is 0 Å². The lowest BCUT2D eigenvalue weighted by atomic mass is 9.89. The van der Waals surface area contributed by atoms with E-state index in [-0.39, 0.29) is 29.4 Å². The molecule has 4 aromatic carbocycles. The van der Waals surface area contributed by atoms with Crippen molar-refractivity contribution in [1.29, 1.82) is 0 Å². The molecule has 0 unspecified atom stereocenters. The maximum atomic E-state index is 13.0. The predicted molar refractivity (Wildman–Crippen MR) is 196 cm³/mol. The number of fused-ring (bicyclic) bond motifs is 1. The second kappa shape index (κ2) is 17.1. The van der Waals surface area contributed by atoms with Crippen LogP contribution in [0.2, 0.25) is 5.02 Å². The average molecular weight is 747 g/mol. The summed E-state index contributed by atoms with van der Waals surface area (Å²) < 4.78 is 45.3. The zero-order chi connectivity index (χ0) is 36.8. The summed E-state index contributed by atoms with van der Waals surface area (Å²) in [6.07, 6.45) is -0.598. The SMILES string of the molecule is O.O=C(O)c1ccc(CCN(CCc2ccccc2OCc2ccc(-c3ccc(C(F)(F)F)cc3)cc2Cl)[C@@H]2CCCc3nc(C(=O)O)ccc32)cc1. The Kier molecular flexibility index (Phi) is 12.6. The molecule has 0 radical (unpaired) electrons. The van der Waals surface area contributed by atoms with Gasteiger partial charge in [0, 0.05) is 35.4 Å². The molecule has 1 aliphatic rings. The van der Waals surface area contributed by atoms with Gasteiger partial charge in [-0.25, -0.2) is 14.6 Å². The number of hydrogen-bond donors (Lipinski definition) is 2. The molecule has 0 bridgehead atoms. The number of rotatable bonds is 13. The first-order chi connectivity index (χ1) is 25.0. The van der Waals surface area contributed by atoms with Gasteiger partial charge in [-0.1, -0.05) is 72.3 Å². The van der Waals surface area contributed by atoms with Crippen molar-refractivity contribution in [2.45, 2.75) is 50.9 Å². The van der Waals surface area contributed by atoms with E-state index in [2.05, 4.69) is 9.88 Å². The Morgan fingerprint density at radius 3 is 2.21 bits per heavy atom. The first kappa shape index (κ1) is 39.0. The van der Waals surface area contributed by atoms with Crippen molar-refractivity contribution >= 4 is 23.5 Å². The van der Waals surface area contributed by atoms with Crippen molar-refractivity contribution in [1.82, 2.24) is 9.88 Å². The van der Waals surface area contributed by atoms with Crippen LogP contribution in [-0.4, -0.2) is 50.6 Å². The van der Waals surface area contributed by atoms with E-state index in [1.165, 1.54) is 12.1 Å². The number of aromatic nitrogens is 1. The number of aromatic carboxylic acids is 2. The second-order valence-corrected chi connectivity index (χ2v) is 13.2. The molecule has 8 nitrogen and oxygen atoms in total. The van der Waals surface area contributed by atoms with Gasteiger partial charge in [0.15, 0.2) is 0 Å². The van der Waals surface area contributed by atoms with Crippen LogP contribution in [0.25, 0.3) is 11.1 Å². The first-order valence-electron chi connectivity index (χ1n) is 16.9. The number of para-hydroxylation sites is 1. The van der Waals surface area contributed by atoms with Crippen LogP contribution in [0.5, 0.6) is 5.75 Å². The normalized spacial score (nSPS) is 13.9. The number of carboxylic acid groups (broad SMARTS) is 2. The summed E-state index contributed by atoms with van der Waals surface area (Å²) in [6, 6.07) is 28.4. The van der Waals surface area contributed by atoms with Gasteiger partial charge in [-0.3, -0.25) is 4.90 Å². The quantitative estimate of drug-likeness (QED) is 0.123. The molecule has 4 N–H and O–H groups in total. The monoisotopic (exact) mass is 746 g/mol. The minimum atomic E-state index is -4.41. The molecule has 6 rings (SSSR count). The number of alkyl halides is 3. The fraction of sp³-hybridized carbons (Fsp3) is 0.244. The van der Waals surface area contributed by atoms with E-state index in [0.29, 0.717) is 54.3 Å². The largest absolute Gasteiger partial charge is 0.489 e. The van der Waals surface area contributed by atoms with Gasteiger partial charge in [-0.2, -0.15) is 13.2 Å². The zero-order valence-corrected chi connectivity index (χ0v) is 29.3. The minimum Gasteiger partial charge on any atom is -0.489 e. The number of carboxylic acids is 2. The fourth-order valence-corrected chi connectivity index (χ4v) is 6.84. The van der Waals surface area contributed by atoms with Crippen LogP contribution < -0.4 is 4.74 Å². The van der Waals surface area contributed by atoms with E-state index in [9.17, 15) is 33.0 Å². The van der Waals surface area contributed by atoms with E-state index in [0.717, 1.165) is 52.9 Å². The Labute approximate surface area is 309 Å². The maximum Gasteiger partial charge on any atom is 0.416 e. The standard InChI is InChI=1S/C41H36ClF3N2O5.H2O/c42-34-24-30(27-14-16-32(17-15-27)41(43,44)45)12-13-31(34)25-52-38-7-2-1-4-28(38)21-23-47(22-20-26-8-10-29(11-9-26)39(48)49)37-6-3-5-35-33(37)18-19-36(46-35)40(50)51;/h1-2,4,7-19,24,37H,3,5-6,20-23,25H2,(H,48,49)(H,50,51);1H2/t37-;/m1./s1. The Hall–Kier alpha value is -5.23. The van der Waals surface area contributed by atoms with Crippen molar-refractivity contribution in [2.75, 3.05) is 13.1 Å². The first-order valence-corrected chi connectivity index (χ1v) is 17.3. The number of carbonyl (C=O) groups is 2. The summed E-state index contributed by atoms with van der Waals surface area (Å²) in [5, 5.41) is 19.3. The fourth-order valence-electron chi connectivity index (χ4n) is 6.61. The Morgan fingerprint density at radius 1 is 0.830 bits per heavy atom. The highest BCUT2D eigenvalue weighted by atomic mass is 35.5. The summed E-state index contributed by atoms with van der Waals surface area (Å²) in [5.74, 6) is -1.33. The molecule has 1 heterocycles. The second-order valence-electron chi connectivity index (χ2n) is 12.8. The molecule has 1 aromatic heterocycles. The molecule has 53 heavy (non-hydrogen) atoms. The molecular weight excluding hydrogens is 709 g/mol. The Balaban J connectivity index is 0.00000541. The van der Waals surface area contributed by atoms with Crippen molar-refractivity contribution in [2.24, 2.45) is 0 Å². The molecule has 1 aliphatic carbocycles. The summed E-state index contributed by atoms with van der Waals surface area (Å²) in [4.78, 5) is 29.8.